The van der Waals surface area contributed by atoms with Gasteiger partial charge in [0.1, 0.15) is 0 Å². The predicted octanol–water partition coefficient (Wildman–Crippen LogP) is -0.616. The van der Waals surface area contributed by atoms with Crippen molar-refractivity contribution >= 4 is 5.96 Å². The van der Waals surface area contributed by atoms with Gasteiger partial charge in [-0.05, 0) is 36.8 Å². The van der Waals surface area contributed by atoms with Crippen LogP contribution in [-0.2, 0) is 18.6 Å². The molecule has 6 heteroatoms. The number of nitrogens with one attached hydrogen (secondary N) is 2. The first-order valence-electron chi connectivity index (χ1n) is 6.62. The Bertz CT molecular complexity index is 526. The number of aryl methyl sites for hydroxylation is 2. The van der Waals surface area contributed by atoms with Crippen molar-refractivity contribution in [3.63, 3.8) is 0 Å². The van der Waals surface area contributed by atoms with E-state index in [-0.39, 0.29) is 0 Å². The van der Waals surface area contributed by atoms with Crippen LogP contribution in [0.5, 0.6) is 0 Å². The van der Waals surface area contributed by atoms with Crippen LogP contribution in [-0.4, -0.2) is 12.0 Å². The van der Waals surface area contributed by atoms with E-state index in [4.69, 9.17) is 17.2 Å². The summed E-state index contributed by atoms with van der Waals surface area (Å²) in [6.45, 7) is 0. The first kappa shape index (κ1) is 12.4. The first-order chi connectivity index (χ1) is 9.07. The van der Waals surface area contributed by atoms with Gasteiger partial charge >= 0.3 is 0 Å². The topological polar surface area (TPSA) is 114 Å². The van der Waals surface area contributed by atoms with E-state index in [9.17, 15) is 0 Å². The number of guanidine groups is 1. The van der Waals surface area contributed by atoms with Gasteiger partial charge in [-0.15, -0.1) is 0 Å². The van der Waals surface area contributed by atoms with Crippen LogP contribution in [0.3, 0.4) is 0 Å². The standard InChI is InChI=1S/C13H20N6/c14-11-5-2-8-1-4-10(7-9(8)3-6-11)13(16)17-12(15)18-19-13/h1,4,7,11,19H,2-3,5-6,14,16H2,(H3,15,17,18). The van der Waals surface area contributed by atoms with Crippen LogP contribution < -0.4 is 28.1 Å². The molecule has 2 unspecified atom stereocenters. The third kappa shape index (κ3) is 2.30. The molecule has 0 fully saturated rings. The van der Waals surface area contributed by atoms with Crippen LogP contribution in [0.1, 0.15) is 29.5 Å². The van der Waals surface area contributed by atoms with Gasteiger partial charge in [0.2, 0.25) is 11.7 Å². The minimum absolute atomic E-state index is 0.294. The number of hydrogen-bond acceptors (Lipinski definition) is 6. The fraction of sp³-hybridized carbons (Fsp3) is 0.462. The second-order valence-electron chi connectivity index (χ2n) is 5.33. The van der Waals surface area contributed by atoms with E-state index in [1.807, 2.05) is 6.07 Å². The van der Waals surface area contributed by atoms with E-state index in [1.54, 1.807) is 0 Å². The zero-order valence-corrected chi connectivity index (χ0v) is 10.8. The van der Waals surface area contributed by atoms with Gasteiger partial charge in [-0.25, -0.2) is 4.99 Å². The maximum Gasteiger partial charge on any atom is 0.209 e. The number of hydrazine groups is 1. The third-order valence-corrected chi connectivity index (χ3v) is 3.89. The molecule has 0 saturated carbocycles. The molecule has 1 aromatic rings. The van der Waals surface area contributed by atoms with E-state index in [2.05, 4.69) is 28.0 Å². The van der Waals surface area contributed by atoms with Crippen molar-refractivity contribution in [3.8, 4) is 0 Å². The van der Waals surface area contributed by atoms with Crippen LogP contribution in [0.2, 0.25) is 0 Å². The van der Waals surface area contributed by atoms with Crippen LogP contribution in [0.4, 0.5) is 0 Å². The SMILES string of the molecule is NC1=NC(N)(c2ccc3c(c2)CCC(N)CC3)NN1. The Morgan fingerprint density at radius 2 is 1.95 bits per heavy atom. The minimum atomic E-state index is -0.979. The van der Waals surface area contributed by atoms with Gasteiger partial charge < -0.3 is 11.5 Å². The molecule has 3 rings (SSSR count). The summed E-state index contributed by atoms with van der Waals surface area (Å²) in [5, 5.41) is 0. The van der Waals surface area contributed by atoms with Gasteiger partial charge in [-0.3, -0.25) is 11.2 Å². The second-order valence-corrected chi connectivity index (χ2v) is 5.33. The van der Waals surface area contributed by atoms with E-state index in [1.165, 1.54) is 11.1 Å². The van der Waals surface area contributed by atoms with E-state index < -0.39 is 5.79 Å². The van der Waals surface area contributed by atoms with Crippen molar-refractivity contribution in [3.05, 3.63) is 34.9 Å². The van der Waals surface area contributed by atoms with E-state index in [0.29, 0.717) is 12.0 Å². The minimum Gasteiger partial charge on any atom is -0.369 e. The molecule has 0 bridgehead atoms. The number of aliphatic imine (C=N–C) groups is 1. The fourth-order valence-electron chi connectivity index (χ4n) is 2.71. The van der Waals surface area contributed by atoms with Crippen LogP contribution >= 0.6 is 0 Å². The number of fused-ring (bicyclic) bond motifs is 1. The van der Waals surface area contributed by atoms with Crippen molar-refractivity contribution < 1.29 is 0 Å². The molecule has 1 aromatic carbocycles. The molecule has 0 amide bonds. The van der Waals surface area contributed by atoms with E-state index >= 15 is 0 Å². The summed E-state index contributed by atoms with van der Waals surface area (Å²) in [7, 11) is 0. The molecule has 1 heterocycles. The van der Waals surface area contributed by atoms with Crippen molar-refractivity contribution in [1.82, 2.24) is 10.9 Å². The summed E-state index contributed by atoms with van der Waals surface area (Å²) < 4.78 is 0. The number of rotatable bonds is 1. The van der Waals surface area contributed by atoms with Crippen LogP contribution in [0.15, 0.2) is 23.2 Å². The number of nitrogens with two attached hydrogens (primary N) is 3. The number of hydrogen-bond donors (Lipinski definition) is 5. The molecule has 102 valence electrons. The molecule has 1 aliphatic heterocycles. The Kier molecular flexibility index (Phi) is 2.93. The van der Waals surface area contributed by atoms with Gasteiger partial charge in [0.25, 0.3) is 0 Å². The largest absolute Gasteiger partial charge is 0.369 e. The Balaban J connectivity index is 1.94. The molecule has 2 aliphatic rings. The van der Waals surface area contributed by atoms with E-state index in [0.717, 1.165) is 31.2 Å². The smallest absolute Gasteiger partial charge is 0.209 e. The average molecular weight is 260 g/mol. The van der Waals surface area contributed by atoms with Crippen molar-refractivity contribution in [2.24, 2.45) is 22.2 Å². The molecular formula is C13H20N6. The zero-order chi connectivity index (χ0) is 13.5. The molecule has 1 aliphatic carbocycles. The Labute approximate surface area is 112 Å². The molecular weight excluding hydrogens is 240 g/mol. The van der Waals surface area contributed by atoms with Crippen molar-refractivity contribution in [2.45, 2.75) is 37.5 Å². The highest BCUT2D eigenvalue weighted by atomic mass is 15.6. The monoisotopic (exact) mass is 260 g/mol. The number of nitrogens with zero attached hydrogens (tertiary/aromatic N) is 1. The summed E-state index contributed by atoms with van der Waals surface area (Å²) in [4.78, 5) is 4.20. The molecule has 0 saturated heterocycles. The molecule has 19 heavy (non-hydrogen) atoms. The van der Waals surface area contributed by atoms with Gasteiger partial charge in [0.05, 0.1) is 0 Å². The molecule has 6 nitrogen and oxygen atoms in total. The summed E-state index contributed by atoms with van der Waals surface area (Å²) >= 11 is 0. The molecule has 0 aromatic heterocycles. The lowest BCUT2D eigenvalue weighted by Crippen LogP contribution is -2.50. The van der Waals surface area contributed by atoms with Gasteiger partial charge in [-0.1, -0.05) is 18.2 Å². The van der Waals surface area contributed by atoms with Crippen LogP contribution in [0.25, 0.3) is 0 Å². The fourth-order valence-corrected chi connectivity index (χ4v) is 2.71. The highest BCUT2D eigenvalue weighted by molar-refractivity contribution is 5.79. The van der Waals surface area contributed by atoms with Gasteiger partial charge in [-0.2, -0.15) is 5.43 Å². The molecule has 0 radical (unpaired) electrons. The summed E-state index contributed by atoms with van der Waals surface area (Å²) in [6, 6.07) is 6.54. The second kappa shape index (κ2) is 4.48. The summed E-state index contributed by atoms with van der Waals surface area (Å²) in [6.07, 6.45) is 4.09. The number of benzene rings is 1. The Hall–Kier alpha value is -1.63. The third-order valence-electron chi connectivity index (χ3n) is 3.89. The van der Waals surface area contributed by atoms with Crippen molar-refractivity contribution in [2.75, 3.05) is 0 Å². The summed E-state index contributed by atoms with van der Waals surface area (Å²) in [5.74, 6) is -0.674. The highest BCUT2D eigenvalue weighted by Crippen LogP contribution is 2.26. The quantitative estimate of drug-likeness (QED) is 0.432. The highest BCUT2D eigenvalue weighted by Gasteiger charge is 2.32. The Morgan fingerprint density at radius 3 is 2.63 bits per heavy atom. The first-order valence-corrected chi connectivity index (χ1v) is 6.62. The van der Waals surface area contributed by atoms with Crippen LogP contribution in [0, 0.1) is 0 Å². The van der Waals surface area contributed by atoms with Gasteiger partial charge in [0.15, 0.2) is 0 Å². The molecule has 0 spiro atoms. The average Bonchev–Trinajstić information content (AvgIpc) is 2.64. The predicted molar refractivity (Wildman–Crippen MR) is 74.8 cm³/mol. The normalized spacial score (nSPS) is 30.2. The molecule has 2 atom stereocenters. The maximum atomic E-state index is 6.20. The molecule has 8 N–H and O–H groups in total. The lowest BCUT2D eigenvalue weighted by molar-refractivity contribution is 0.375. The van der Waals surface area contributed by atoms with Gasteiger partial charge in [0, 0.05) is 11.6 Å². The lowest BCUT2D eigenvalue weighted by atomic mass is 9.97. The summed E-state index contributed by atoms with van der Waals surface area (Å²) in [5.41, 5.74) is 27.1. The van der Waals surface area contributed by atoms with Crippen molar-refractivity contribution in [1.29, 1.82) is 0 Å². The maximum absolute atomic E-state index is 6.20. The zero-order valence-electron chi connectivity index (χ0n) is 10.8. The Morgan fingerprint density at radius 1 is 1.21 bits per heavy atom. The lowest BCUT2D eigenvalue weighted by Gasteiger charge is -2.22.